The normalized spacial score (nSPS) is 14.0. The number of benzene rings is 1. The summed E-state index contributed by atoms with van der Waals surface area (Å²) in [6.45, 7) is 4.78. The van der Waals surface area contributed by atoms with Crippen molar-refractivity contribution in [3.63, 3.8) is 0 Å². The smallest absolute Gasteiger partial charge is 0.407 e. The Morgan fingerprint density at radius 1 is 1.30 bits per heavy atom. The number of halogens is 1. The van der Waals surface area contributed by atoms with Gasteiger partial charge in [0.15, 0.2) is 0 Å². The van der Waals surface area contributed by atoms with Crippen molar-refractivity contribution in [3.05, 3.63) is 34.3 Å². The van der Waals surface area contributed by atoms with Crippen molar-refractivity contribution in [3.8, 4) is 0 Å². The topological polar surface area (TPSA) is 116 Å². The van der Waals surface area contributed by atoms with E-state index < -0.39 is 29.9 Å². The van der Waals surface area contributed by atoms with E-state index in [1.54, 1.807) is 20.8 Å². The van der Waals surface area contributed by atoms with Gasteiger partial charge in [0.25, 0.3) is 0 Å². The molecule has 0 saturated heterocycles. The minimum Gasteiger partial charge on any atom is -0.478 e. The summed E-state index contributed by atoms with van der Waals surface area (Å²) in [4.78, 5) is 22.5. The number of carbonyl (C=O) groups excluding carboxylic acids is 1. The fraction of sp³-hybridized carbons (Fsp3) is 0.467. The number of hydrogen-bond acceptors (Lipinski definition) is 5. The summed E-state index contributed by atoms with van der Waals surface area (Å²) in [5.74, 6) is -1.24. The van der Waals surface area contributed by atoms with Gasteiger partial charge in [0, 0.05) is 12.1 Å². The van der Waals surface area contributed by atoms with Crippen LogP contribution in [0.2, 0.25) is 5.02 Å². The lowest BCUT2D eigenvalue weighted by atomic mass is 10.0. The zero-order valence-corrected chi connectivity index (χ0v) is 13.8. The number of aromatic carboxylic acids is 1. The molecule has 128 valence electrons. The zero-order valence-electron chi connectivity index (χ0n) is 13.0. The summed E-state index contributed by atoms with van der Waals surface area (Å²) in [5, 5.41) is 31.2. The lowest BCUT2D eigenvalue weighted by Crippen LogP contribution is -2.38. The molecule has 0 heterocycles. The number of rotatable bonds is 5. The highest BCUT2D eigenvalue weighted by atomic mass is 35.5. The van der Waals surface area contributed by atoms with Crippen LogP contribution in [0, 0.1) is 0 Å². The van der Waals surface area contributed by atoms with Gasteiger partial charge in [-0.05, 0) is 26.8 Å². The van der Waals surface area contributed by atoms with Crippen LogP contribution >= 0.6 is 11.6 Å². The molecule has 4 N–H and O–H groups in total. The molecule has 0 aromatic heterocycles. The number of alkyl carbamates (subject to hydrolysis) is 1. The van der Waals surface area contributed by atoms with Crippen LogP contribution in [-0.4, -0.2) is 45.6 Å². The maximum absolute atomic E-state index is 11.5. The van der Waals surface area contributed by atoms with Crippen molar-refractivity contribution in [2.75, 3.05) is 6.54 Å². The second kappa shape index (κ2) is 7.63. The lowest BCUT2D eigenvalue weighted by molar-refractivity contribution is 0.0129. The Hall–Kier alpha value is -1.83. The van der Waals surface area contributed by atoms with E-state index in [1.165, 1.54) is 18.2 Å². The second-order valence-corrected chi connectivity index (χ2v) is 6.29. The third-order valence-electron chi connectivity index (χ3n) is 2.80. The van der Waals surface area contributed by atoms with E-state index in [0.29, 0.717) is 0 Å². The highest BCUT2D eigenvalue weighted by Gasteiger charge is 2.25. The number of hydrogen-bond donors (Lipinski definition) is 4. The van der Waals surface area contributed by atoms with Crippen molar-refractivity contribution in [2.45, 2.75) is 38.6 Å². The van der Waals surface area contributed by atoms with Gasteiger partial charge in [0.2, 0.25) is 0 Å². The molecule has 2 unspecified atom stereocenters. The molecule has 0 aliphatic rings. The first-order valence-corrected chi connectivity index (χ1v) is 7.25. The Balaban J connectivity index is 2.74. The lowest BCUT2D eigenvalue weighted by Gasteiger charge is -2.22. The first-order valence-electron chi connectivity index (χ1n) is 6.87. The quantitative estimate of drug-likeness (QED) is 0.648. The highest BCUT2D eigenvalue weighted by Crippen LogP contribution is 2.28. The minimum atomic E-state index is -1.46. The molecule has 0 aliphatic carbocycles. The van der Waals surface area contributed by atoms with Crippen LogP contribution in [0.5, 0.6) is 0 Å². The largest absolute Gasteiger partial charge is 0.478 e. The first kappa shape index (κ1) is 19.2. The Morgan fingerprint density at radius 3 is 2.43 bits per heavy atom. The number of aliphatic hydroxyl groups excluding tert-OH is 2. The molecule has 0 saturated carbocycles. The summed E-state index contributed by atoms with van der Waals surface area (Å²) >= 11 is 5.93. The van der Waals surface area contributed by atoms with Crippen molar-refractivity contribution >= 4 is 23.7 Å². The van der Waals surface area contributed by atoms with Crippen LogP contribution in [0.3, 0.4) is 0 Å². The van der Waals surface area contributed by atoms with Gasteiger partial charge in [0.1, 0.15) is 17.8 Å². The average Bonchev–Trinajstić information content (AvgIpc) is 2.42. The van der Waals surface area contributed by atoms with Crippen LogP contribution < -0.4 is 5.32 Å². The van der Waals surface area contributed by atoms with Gasteiger partial charge in [-0.25, -0.2) is 9.59 Å². The summed E-state index contributed by atoms with van der Waals surface area (Å²) in [7, 11) is 0. The molecule has 8 heteroatoms. The summed E-state index contributed by atoms with van der Waals surface area (Å²) in [5.41, 5.74) is -0.812. The first-order chi connectivity index (χ1) is 10.5. The van der Waals surface area contributed by atoms with Gasteiger partial charge < -0.3 is 25.4 Å². The van der Waals surface area contributed by atoms with Crippen molar-refractivity contribution in [1.82, 2.24) is 5.32 Å². The van der Waals surface area contributed by atoms with E-state index in [9.17, 15) is 19.8 Å². The maximum atomic E-state index is 11.5. The predicted octanol–water partition coefficient (Wildman–Crippen LogP) is 1.96. The van der Waals surface area contributed by atoms with Crippen LogP contribution in [0.1, 0.15) is 42.8 Å². The standard InChI is InChI=1S/C15H20ClNO6/c1-15(2,3)23-14(22)17-7-10(18)12(19)8-5-4-6-9(11(8)16)13(20)21/h4-6,10,12,18-19H,7H2,1-3H3,(H,17,22)(H,20,21). The minimum absolute atomic E-state index is 0.0602. The molecule has 0 aliphatic heterocycles. The highest BCUT2D eigenvalue weighted by molar-refractivity contribution is 6.34. The van der Waals surface area contributed by atoms with Gasteiger partial charge in [-0.1, -0.05) is 23.7 Å². The van der Waals surface area contributed by atoms with E-state index in [2.05, 4.69) is 5.32 Å². The third kappa shape index (κ3) is 5.70. The Bertz CT molecular complexity index is 584. The molecule has 1 aromatic rings. The van der Waals surface area contributed by atoms with Crippen LogP contribution in [0.4, 0.5) is 4.79 Å². The van der Waals surface area contributed by atoms with E-state index in [-0.39, 0.29) is 22.7 Å². The van der Waals surface area contributed by atoms with Crippen LogP contribution in [-0.2, 0) is 4.74 Å². The summed E-state index contributed by atoms with van der Waals surface area (Å²) in [6, 6.07) is 4.09. The van der Waals surface area contributed by atoms with Gasteiger partial charge in [0.05, 0.1) is 10.6 Å². The number of nitrogens with one attached hydrogen (secondary N) is 1. The molecule has 1 aromatic carbocycles. The molecule has 0 spiro atoms. The summed E-state index contributed by atoms with van der Waals surface area (Å²) in [6.07, 6.45) is -3.59. The van der Waals surface area contributed by atoms with Crippen molar-refractivity contribution in [2.24, 2.45) is 0 Å². The molecule has 1 rings (SSSR count). The fourth-order valence-electron chi connectivity index (χ4n) is 1.76. The van der Waals surface area contributed by atoms with Crippen LogP contribution in [0.15, 0.2) is 18.2 Å². The number of ether oxygens (including phenoxy) is 1. The molecular weight excluding hydrogens is 326 g/mol. The Labute approximate surface area is 138 Å². The molecule has 1 amide bonds. The number of carboxylic acids is 1. The monoisotopic (exact) mass is 345 g/mol. The molecule has 7 nitrogen and oxygen atoms in total. The van der Waals surface area contributed by atoms with E-state index in [1.807, 2.05) is 0 Å². The zero-order chi connectivity index (χ0) is 17.8. The van der Waals surface area contributed by atoms with Crippen molar-refractivity contribution in [1.29, 1.82) is 0 Å². The number of carbonyl (C=O) groups is 2. The Morgan fingerprint density at radius 2 is 1.91 bits per heavy atom. The average molecular weight is 346 g/mol. The number of amides is 1. The predicted molar refractivity (Wildman–Crippen MR) is 83.6 cm³/mol. The van der Waals surface area contributed by atoms with Crippen LogP contribution in [0.25, 0.3) is 0 Å². The second-order valence-electron chi connectivity index (χ2n) is 5.91. The van der Waals surface area contributed by atoms with Gasteiger partial charge >= 0.3 is 12.1 Å². The SMILES string of the molecule is CC(C)(C)OC(=O)NCC(O)C(O)c1cccc(C(=O)O)c1Cl. The molecule has 23 heavy (non-hydrogen) atoms. The summed E-state index contributed by atoms with van der Waals surface area (Å²) < 4.78 is 5.00. The maximum Gasteiger partial charge on any atom is 0.407 e. The number of aliphatic hydroxyl groups is 2. The van der Waals surface area contributed by atoms with Crippen molar-refractivity contribution < 1.29 is 29.6 Å². The molecular formula is C15H20ClNO6. The van der Waals surface area contributed by atoms with E-state index in [0.717, 1.165) is 0 Å². The van der Waals surface area contributed by atoms with Gasteiger partial charge in [-0.15, -0.1) is 0 Å². The van der Waals surface area contributed by atoms with E-state index >= 15 is 0 Å². The molecule has 0 bridgehead atoms. The Kier molecular flexibility index (Phi) is 6.37. The fourth-order valence-corrected chi connectivity index (χ4v) is 2.08. The number of carboxylic acid groups (broad SMARTS) is 1. The van der Waals surface area contributed by atoms with E-state index in [4.69, 9.17) is 21.4 Å². The molecule has 0 fully saturated rings. The molecule has 0 radical (unpaired) electrons. The van der Waals surface area contributed by atoms with Gasteiger partial charge in [-0.3, -0.25) is 0 Å². The molecule has 2 atom stereocenters. The van der Waals surface area contributed by atoms with Gasteiger partial charge in [-0.2, -0.15) is 0 Å². The third-order valence-corrected chi connectivity index (χ3v) is 3.22.